The van der Waals surface area contributed by atoms with E-state index in [0.29, 0.717) is 5.02 Å². The molecule has 0 saturated carbocycles. The summed E-state index contributed by atoms with van der Waals surface area (Å²) in [6.07, 6.45) is 0.0636. The number of rotatable bonds is 6. The number of carbonyl (C=O) groups excluding carboxylic acids is 1. The number of carbonyl (C=O) groups is 2. The van der Waals surface area contributed by atoms with Crippen molar-refractivity contribution in [2.45, 2.75) is 18.9 Å². The SMILES string of the molecule is O=C(Cc1ccc(Cl)cc1)N[C@@H](CCO)C(=O)O. The third kappa shape index (κ3) is 4.73. The molecule has 6 heteroatoms. The van der Waals surface area contributed by atoms with Crippen LogP contribution >= 0.6 is 11.6 Å². The van der Waals surface area contributed by atoms with Crippen molar-refractivity contribution in [1.82, 2.24) is 5.32 Å². The van der Waals surface area contributed by atoms with Crippen molar-refractivity contribution < 1.29 is 19.8 Å². The quantitative estimate of drug-likeness (QED) is 0.715. The summed E-state index contributed by atoms with van der Waals surface area (Å²) in [5.41, 5.74) is 0.741. The van der Waals surface area contributed by atoms with E-state index in [1.165, 1.54) is 0 Å². The van der Waals surface area contributed by atoms with Crippen molar-refractivity contribution in [1.29, 1.82) is 0 Å². The van der Waals surface area contributed by atoms with Gasteiger partial charge in [-0.25, -0.2) is 4.79 Å². The Bertz CT molecular complexity index is 419. The van der Waals surface area contributed by atoms with Gasteiger partial charge in [0, 0.05) is 18.1 Å². The van der Waals surface area contributed by atoms with Crippen molar-refractivity contribution in [3.8, 4) is 0 Å². The lowest BCUT2D eigenvalue weighted by atomic mass is 10.1. The zero-order valence-electron chi connectivity index (χ0n) is 9.60. The first-order valence-corrected chi connectivity index (χ1v) is 5.78. The monoisotopic (exact) mass is 271 g/mol. The predicted molar refractivity (Wildman–Crippen MR) is 66.4 cm³/mol. The Kier molecular flexibility index (Phi) is 5.61. The number of amides is 1. The van der Waals surface area contributed by atoms with Crippen LogP contribution in [0.4, 0.5) is 0 Å². The second-order valence-electron chi connectivity index (χ2n) is 3.77. The van der Waals surface area contributed by atoms with Crippen LogP contribution in [0.3, 0.4) is 0 Å². The molecule has 5 nitrogen and oxygen atoms in total. The van der Waals surface area contributed by atoms with Gasteiger partial charge in [0.15, 0.2) is 0 Å². The molecule has 0 heterocycles. The zero-order valence-corrected chi connectivity index (χ0v) is 10.4. The van der Waals surface area contributed by atoms with E-state index in [1.807, 2.05) is 0 Å². The van der Waals surface area contributed by atoms with Gasteiger partial charge in [-0.15, -0.1) is 0 Å². The molecule has 0 unspecified atom stereocenters. The minimum absolute atomic E-state index is 0.0122. The molecule has 0 fully saturated rings. The van der Waals surface area contributed by atoms with Crippen LogP contribution in [-0.2, 0) is 16.0 Å². The van der Waals surface area contributed by atoms with E-state index in [-0.39, 0.29) is 19.4 Å². The minimum atomic E-state index is -1.16. The van der Waals surface area contributed by atoms with Crippen LogP contribution in [0.1, 0.15) is 12.0 Å². The topological polar surface area (TPSA) is 86.6 Å². The molecule has 1 rings (SSSR count). The highest BCUT2D eigenvalue weighted by molar-refractivity contribution is 6.30. The number of aliphatic carboxylic acids is 1. The number of halogens is 1. The van der Waals surface area contributed by atoms with E-state index in [1.54, 1.807) is 24.3 Å². The van der Waals surface area contributed by atoms with Gasteiger partial charge in [0.2, 0.25) is 5.91 Å². The third-order valence-electron chi connectivity index (χ3n) is 2.33. The van der Waals surface area contributed by atoms with Gasteiger partial charge in [0.1, 0.15) is 6.04 Å². The number of hydrogen-bond acceptors (Lipinski definition) is 3. The summed E-state index contributed by atoms with van der Waals surface area (Å²) in [5.74, 6) is -1.56. The van der Waals surface area contributed by atoms with Gasteiger partial charge in [-0.05, 0) is 17.7 Å². The lowest BCUT2D eigenvalue weighted by Gasteiger charge is -2.13. The van der Waals surface area contributed by atoms with Crippen LogP contribution in [0.5, 0.6) is 0 Å². The van der Waals surface area contributed by atoms with Crippen LogP contribution in [0.15, 0.2) is 24.3 Å². The molecule has 0 radical (unpaired) electrons. The summed E-state index contributed by atoms with van der Waals surface area (Å²) >= 11 is 5.71. The molecule has 0 aromatic heterocycles. The summed E-state index contributed by atoms with van der Waals surface area (Å²) in [4.78, 5) is 22.4. The second-order valence-corrected chi connectivity index (χ2v) is 4.21. The normalized spacial score (nSPS) is 11.9. The smallest absolute Gasteiger partial charge is 0.326 e. The summed E-state index contributed by atoms with van der Waals surface area (Å²) in [6, 6.07) is 5.65. The molecule has 3 N–H and O–H groups in total. The number of benzene rings is 1. The number of aliphatic hydroxyl groups excluding tert-OH is 1. The summed E-state index contributed by atoms with van der Waals surface area (Å²) in [7, 11) is 0. The Morgan fingerprint density at radius 1 is 1.28 bits per heavy atom. The minimum Gasteiger partial charge on any atom is -0.480 e. The van der Waals surface area contributed by atoms with E-state index in [9.17, 15) is 9.59 Å². The highest BCUT2D eigenvalue weighted by atomic mass is 35.5. The van der Waals surface area contributed by atoms with Gasteiger partial charge in [0.25, 0.3) is 0 Å². The number of hydrogen-bond donors (Lipinski definition) is 3. The number of nitrogens with one attached hydrogen (secondary N) is 1. The van der Waals surface area contributed by atoms with Crippen molar-refractivity contribution in [3.05, 3.63) is 34.9 Å². The average Bonchev–Trinajstić information content (AvgIpc) is 2.31. The van der Waals surface area contributed by atoms with E-state index >= 15 is 0 Å². The molecule has 1 amide bonds. The van der Waals surface area contributed by atoms with Crippen LogP contribution in [0.25, 0.3) is 0 Å². The molecule has 0 spiro atoms. The summed E-state index contributed by atoms with van der Waals surface area (Å²) in [6.45, 7) is -0.293. The van der Waals surface area contributed by atoms with Crippen molar-refractivity contribution >= 4 is 23.5 Å². The molecule has 0 aliphatic heterocycles. The first-order chi connectivity index (χ1) is 8.52. The molecule has 0 bridgehead atoms. The maximum absolute atomic E-state index is 11.6. The van der Waals surface area contributed by atoms with Gasteiger partial charge in [-0.3, -0.25) is 4.79 Å². The maximum atomic E-state index is 11.6. The molecule has 1 aromatic carbocycles. The Morgan fingerprint density at radius 2 is 1.89 bits per heavy atom. The van der Waals surface area contributed by atoms with Gasteiger partial charge in [-0.1, -0.05) is 23.7 Å². The van der Waals surface area contributed by atoms with Crippen molar-refractivity contribution in [2.24, 2.45) is 0 Å². The molecular formula is C12H14ClNO4. The summed E-state index contributed by atoms with van der Waals surface area (Å²) in [5, 5.41) is 20.4. The Labute approximate surface area is 109 Å². The summed E-state index contributed by atoms with van der Waals surface area (Å²) < 4.78 is 0. The first kappa shape index (κ1) is 14.5. The van der Waals surface area contributed by atoms with Crippen molar-refractivity contribution in [3.63, 3.8) is 0 Å². The highest BCUT2D eigenvalue weighted by Gasteiger charge is 2.18. The number of carboxylic acids is 1. The van der Waals surface area contributed by atoms with Gasteiger partial charge >= 0.3 is 5.97 Å². The molecule has 0 aliphatic rings. The maximum Gasteiger partial charge on any atom is 0.326 e. The van der Waals surface area contributed by atoms with Crippen LogP contribution in [0.2, 0.25) is 5.02 Å². The van der Waals surface area contributed by atoms with E-state index < -0.39 is 17.9 Å². The molecule has 98 valence electrons. The van der Waals surface area contributed by atoms with Crippen LogP contribution in [-0.4, -0.2) is 34.7 Å². The first-order valence-electron chi connectivity index (χ1n) is 5.40. The molecule has 18 heavy (non-hydrogen) atoms. The largest absolute Gasteiger partial charge is 0.480 e. The fourth-order valence-corrected chi connectivity index (χ4v) is 1.55. The lowest BCUT2D eigenvalue weighted by molar-refractivity contribution is -0.142. The molecule has 0 saturated heterocycles. The second kappa shape index (κ2) is 6.98. The molecule has 1 atom stereocenters. The van der Waals surface area contributed by atoms with Gasteiger partial charge in [0.05, 0.1) is 6.42 Å². The van der Waals surface area contributed by atoms with E-state index in [4.69, 9.17) is 21.8 Å². The zero-order chi connectivity index (χ0) is 13.5. The molecule has 0 aliphatic carbocycles. The predicted octanol–water partition coefficient (Wildman–Crippen LogP) is 0.834. The fourth-order valence-electron chi connectivity index (χ4n) is 1.42. The van der Waals surface area contributed by atoms with Crippen LogP contribution in [0, 0.1) is 0 Å². The lowest BCUT2D eigenvalue weighted by Crippen LogP contribution is -2.42. The van der Waals surface area contributed by atoms with E-state index in [0.717, 1.165) is 5.56 Å². The third-order valence-corrected chi connectivity index (χ3v) is 2.58. The molecular weight excluding hydrogens is 258 g/mol. The Balaban J connectivity index is 2.54. The molecule has 1 aromatic rings. The van der Waals surface area contributed by atoms with Crippen LogP contribution < -0.4 is 5.32 Å². The van der Waals surface area contributed by atoms with Gasteiger partial charge < -0.3 is 15.5 Å². The fraction of sp³-hybridized carbons (Fsp3) is 0.333. The van der Waals surface area contributed by atoms with Gasteiger partial charge in [-0.2, -0.15) is 0 Å². The standard InChI is InChI=1S/C12H14ClNO4/c13-9-3-1-8(2-4-9)7-11(16)14-10(5-6-15)12(17)18/h1-4,10,15H,5-7H2,(H,14,16)(H,17,18)/t10-/m0/s1. The highest BCUT2D eigenvalue weighted by Crippen LogP contribution is 2.10. The van der Waals surface area contributed by atoms with Crippen molar-refractivity contribution in [2.75, 3.05) is 6.61 Å². The Morgan fingerprint density at radius 3 is 2.39 bits per heavy atom. The Hall–Kier alpha value is -1.59. The average molecular weight is 272 g/mol. The number of aliphatic hydroxyl groups is 1. The van der Waals surface area contributed by atoms with E-state index in [2.05, 4.69) is 5.32 Å². The number of carboxylic acid groups (broad SMARTS) is 1.